The number of nitrogens with two attached hydrogens (primary N) is 1. The Morgan fingerprint density at radius 3 is 2.35 bits per heavy atom. The molecule has 0 aliphatic heterocycles. The van der Waals surface area contributed by atoms with Crippen molar-refractivity contribution in [3.8, 4) is 11.5 Å². The summed E-state index contributed by atoms with van der Waals surface area (Å²) in [5, 5.41) is 0.719. The van der Waals surface area contributed by atoms with Crippen LogP contribution < -0.4 is 15.2 Å². The summed E-state index contributed by atoms with van der Waals surface area (Å²) in [5.41, 5.74) is 7.77. The standard InChI is InChI=1S/C16H18ClNO2/c1-19-15-7-4-12(8-9-18)10-16(15)20-11-13-2-5-14(17)6-3-13/h2-7,10H,8-9,11,18H2,1H3. The van der Waals surface area contributed by atoms with Crippen LogP contribution in [0.4, 0.5) is 0 Å². The third-order valence-corrected chi connectivity index (χ3v) is 3.22. The van der Waals surface area contributed by atoms with E-state index in [1.165, 1.54) is 0 Å². The van der Waals surface area contributed by atoms with Gasteiger partial charge in [0.2, 0.25) is 0 Å². The minimum atomic E-state index is 0.472. The van der Waals surface area contributed by atoms with E-state index < -0.39 is 0 Å². The van der Waals surface area contributed by atoms with Gasteiger partial charge in [-0.05, 0) is 48.4 Å². The topological polar surface area (TPSA) is 44.5 Å². The van der Waals surface area contributed by atoms with Gasteiger partial charge in [0.05, 0.1) is 7.11 Å². The molecule has 3 nitrogen and oxygen atoms in total. The lowest BCUT2D eigenvalue weighted by Crippen LogP contribution is -2.04. The summed E-state index contributed by atoms with van der Waals surface area (Å²) in [4.78, 5) is 0. The summed E-state index contributed by atoms with van der Waals surface area (Å²) in [6.45, 7) is 1.09. The second-order valence-electron chi connectivity index (χ2n) is 4.44. The SMILES string of the molecule is COc1ccc(CCN)cc1OCc1ccc(Cl)cc1. The van der Waals surface area contributed by atoms with Gasteiger partial charge in [0.15, 0.2) is 11.5 Å². The molecule has 2 aromatic carbocycles. The number of hydrogen-bond donors (Lipinski definition) is 1. The number of benzene rings is 2. The van der Waals surface area contributed by atoms with Crippen LogP contribution in [-0.4, -0.2) is 13.7 Å². The Morgan fingerprint density at radius 1 is 1.00 bits per heavy atom. The molecule has 0 atom stereocenters. The lowest BCUT2D eigenvalue weighted by atomic mass is 10.1. The zero-order chi connectivity index (χ0) is 14.4. The molecule has 0 fully saturated rings. The van der Waals surface area contributed by atoms with Gasteiger partial charge in [0.1, 0.15) is 6.61 Å². The van der Waals surface area contributed by atoms with E-state index in [4.69, 9.17) is 26.8 Å². The first-order valence-corrected chi connectivity index (χ1v) is 6.85. The first-order chi connectivity index (χ1) is 9.72. The fourth-order valence-corrected chi connectivity index (χ4v) is 2.02. The lowest BCUT2D eigenvalue weighted by Gasteiger charge is -2.12. The Labute approximate surface area is 124 Å². The summed E-state index contributed by atoms with van der Waals surface area (Å²) in [6.07, 6.45) is 0.821. The average Bonchev–Trinajstić information content (AvgIpc) is 2.47. The normalized spacial score (nSPS) is 10.3. The molecule has 0 saturated heterocycles. The summed E-state index contributed by atoms with van der Waals surface area (Å²) >= 11 is 5.86. The van der Waals surface area contributed by atoms with Gasteiger partial charge >= 0.3 is 0 Å². The summed E-state index contributed by atoms with van der Waals surface area (Å²) in [6, 6.07) is 13.5. The number of hydrogen-bond acceptors (Lipinski definition) is 3. The fraction of sp³-hybridized carbons (Fsp3) is 0.250. The minimum Gasteiger partial charge on any atom is -0.493 e. The fourth-order valence-electron chi connectivity index (χ4n) is 1.90. The molecule has 20 heavy (non-hydrogen) atoms. The maximum Gasteiger partial charge on any atom is 0.161 e. The molecule has 4 heteroatoms. The third kappa shape index (κ3) is 3.89. The molecular weight excluding hydrogens is 274 g/mol. The lowest BCUT2D eigenvalue weighted by molar-refractivity contribution is 0.284. The van der Waals surface area contributed by atoms with Gasteiger partial charge in [-0.1, -0.05) is 29.8 Å². The molecule has 0 bridgehead atoms. The van der Waals surface area contributed by atoms with Crippen LogP contribution >= 0.6 is 11.6 Å². The van der Waals surface area contributed by atoms with Crippen molar-refractivity contribution in [2.45, 2.75) is 13.0 Å². The maximum atomic E-state index is 5.86. The van der Waals surface area contributed by atoms with Crippen LogP contribution in [0.25, 0.3) is 0 Å². The van der Waals surface area contributed by atoms with Crippen molar-refractivity contribution in [2.75, 3.05) is 13.7 Å². The molecule has 0 aliphatic rings. The van der Waals surface area contributed by atoms with E-state index >= 15 is 0 Å². The molecular formula is C16H18ClNO2. The molecule has 0 aliphatic carbocycles. The van der Waals surface area contributed by atoms with Crippen molar-refractivity contribution >= 4 is 11.6 Å². The van der Waals surface area contributed by atoms with Crippen molar-refractivity contribution in [3.63, 3.8) is 0 Å². The van der Waals surface area contributed by atoms with Gasteiger partial charge in [0.25, 0.3) is 0 Å². The molecule has 0 amide bonds. The number of methoxy groups -OCH3 is 1. The third-order valence-electron chi connectivity index (χ3n) is 2.97. The molecule has 2 rings (SSSR count). The van der Waals surface area contributed by atoms with Crippen molar-refractivity contribution in [1.82, 2.24) is 0 Å². The minimum absolute atomic E-state index is 0.472. The molecule has 106 valence electrons. The van der Waals surface area contributed by atoms with E-state index in [1.54, 1.807) is 7.11 Å². The second-order valence-corrected chi connectivity index (χ2v) is 4.88. The highest BCUT2D eigenvalue weighted by atomic mass is 35.5. The van der Waals surface area contributed by atoms with Gasteiger partial charge in [-0.3, -0.25) is 0 Å². The highest BCUT2D eigenvalue weighted by Crippen LogP contribution is 2.29. The summed E-state index contributed by atoms with van der Waals surface area (Å²) in [5.74, 6) is 1.45. The molecule has 0 heterocycles. The summed E-state index contributed by atoms with van der Waals surface area (Å²) in [7, 11) is 1.63. The van der Waals surface area contributed by atoms with Crippen LogP contribution in [0.3, 0.4) is 0 Å². The van der Waals surface area contributed by atoms with Crippen molar-refractivity contribution < 1.29 is 9.47 Å². The summed E-state index contributed by atoms with van der Waals surface area (Å²) < 4.78 is 11.1. The van der Waals surface area contributed by atoms with Crippen LogP contribution in [-0.2, 0) is 13.0 Å². The Morgan fingerprint density at radius 2 is 1.70 bits per heavy atom. The number of ether oxygens (including phenoxy) is 2. The van der Waals surface area contributed by atoms with E-state index in [0.29, 0.717) is 13.2 Å². The number of halogens is 1. The highest BCUT2D eigenvalue weighted by Gasteiger charge is 2.06. The Hall–Kier alpha value is -1.71. The van der Waals surface area contributed by atoms with Gasteiger partial charge in [-0.25, -0.2) is 0 Å². The second kappa shape index (κ2) is 7.17. The van der Waals surface area contributed by atoms with Gasteiger partial charge in [-0.2, -0.15) is 0 Å². The molecule has 0 unspecified atom stereocenters. The predicted octanol–water partition coefficient (Wildman–Crippen LogP) is 3.43. The molecule has 2 N–H and O–H groups in total. The van der Waals surface area contributed by atoms with Gasteiger partial charge < -0.3 is 15.2 Å². The zero-order valence-electron chi connectivity index (χ0n) is 11.4. The first kappa shape index (κ1) is 14.7. The number of rotatable bonds is 6. The Kier molecular flexibility index (Phi) is 5.27. The monoisotopic (exact) mass is 291 g/mol. The predicted molar refractivity (Wildman–Crippen MR) is 81.5 cm³/mol. The smallest absolute Gasteiger partial charge is 0.161 e. The van der Waals surface area contributed by atoms with Gasteiger partial charge in [0, 0.05) is 5.02 Å². The van der Waals surface area contributed by atoms with Crippen LogP contribution in [0.2, 0.25) is 5.02 Å². The quantitative estimate of drug-likeness (QED) is 0.887. The van der Waals surface area contributed by atoms with Crippen LogP contribution in [0, 0.1) is 0 Å². The van der Waals surface area contributed by atoms with Crippen LogP contribution in [0.15, 0.2) is 42.5 Å². The average molecular weight is 292 g/mol. The van der Waals surface area contributed by atoms with Crippen molar-refractivity contribution in [1.29, 1.82) is 0 Å². The van der Waals surface area contributed by atoms with Crippen molar-refractivity contribution in [3.05, 3.63) is 58.6 Å². The molecule has 0 aromatic heterocycles. The van der Waals surface area contributed by atoms with E-state index in [0.717, 1.165) is 34.1 Å². The van der Waals surface area contributed by atoms with Crippen molar-refractivity contribution in [2.24, 2.45) is 5.73 Å². The van der Waals surface area contributed by atoms with E-state index in [1.807, 2.05) is 42.5 Å². The molecule has 0 radical (unpaired) electrons. The first-order valence-electron chi connectivity index (χ1n) is 6.47. The van der Waals surface area contributed by atoms with Crippen LogP contribution in [0.5, 0.6) is 11.5 Å². The largest absolute Gasteiger partial charge is 0.493 e. The Balaban J connectivity index is 2.10. The molecule has 2 aromatic rings. The van der Waals surface area contributed by atoms with E-state index in [2.05, 4.69) is 0 Å². The van der Waals surface area contributed by atoms with Gasteiger partial charge in [-0.15, -0.1) is 0 Å². The van der Waals surface area contributed by atoms with E-state index in [9.17, 15) is 0 Å². The molecule has 0 spiro atoms. The highest BCUT2D eigenvalue weighted by molar-refractivity contribution is 6.30. The zero-order valence-corrected chi connectivity index (χ0v) is 12.2. The Bertz CT molecular complexity index is 555. The molecule has 0 saturated carbocycles. The van der Waals surface area contributed by atoms with E-state index in [-0.39, 0.29) is 0 Å². The maximum absolute atomic E-state index is 5.86. The van der Waals surface area contributed by atoms with Crippen LogP contribution in [0.1, 0.15) is 11.1 Å².